The molecule has 0 saturated carbocycles. The molecule has 5 heterocycles. The average Bonchev–Trinajstić information content (AvgIpc) is 3.37. The van der Waals surface area contributed by atoms with Crippen molar-refractivity contribution < 1.29 is 4.79 Å². The van der Waals surface area contributed by atoms with Crippen molar-refractivity contribution in [3.8, 4) is 22.6 Å². The van der Waals surface area contributed by atoms with Gasteiger partial charge in [-0.1, -0.05) is 13.8 Å². The van der Waals surface area contributed by atoms with E-state index in [1.165, 1.54) is 0 Å². The van der Waals surface area contributed by atoms with Crippen LogP contribution in [0.1, 0.15) is 13.8 Å². The third-order valence-corrected chi connectivity index (χ3v) is 4.95. The van der Waals surface area contributed by atoms with E-state index < -0.39 is 0 Å². The van der Waals surface area contributed by atoms with E-state index in [4.69, 9.17) is 0 Å². The molecule has 30 heavy (non-hydrogen) atoms. The molecule has 3 N–H and O–H groups in total. The molecule has 0 atom stereocenters. The summed E-state index contributed by atoms with van der Waals surface area (Å²) in [6.45, 7) is 3.70. The Kier molecular flexibility index (Phi) is 4.24. The SMILES string of the molecule is CC(C)C(=O)Nc1cncc(-c2cc3c(-c4cc5cnccc5[nH]4)n[nH]c3cn2)c1. The number of hydrogen-bond donors (Lipinski definition) is 3. The molecule has 0 radical (unpaired) electrons. The standard InChI is InChI=1S/C22H19N7O/c1-12(2)22(30)26-15-5-13(9-24-10-15)18-7-16-20(11-25-18)28-29-21(16)19-6-14-8-23-4-3-17(14)27-19/h3-12,27H,1-2H3,(H,26,30)(H,28,29). The summed E-state index contributed by atoms with van der Waals surface area (Å²) in [6, 6.07) is 7.81. The van der Waals surface area contributed by atoms with E-state index in [9.17, 15) is 4.79 Å². The molecule has 0 aliphatic carbocycles. The number of aromatic nitrogens is 6. The Morgan fingerprint density at radius 2 is 1.93 bits per heavy atom. The minimum atomic E-state index is -0.108. The fraction of sp³-hybridized carbons (Fsp3) is 0.136. The molecule has 8 heteroatoms. The second kappa shape index (κ2) is 7.07. The van der Waals surface area contributed by atoms with Crippen LogP contribution >= 0.6 is 0 Å². The van der Waals surface area contributed by atoms with Crippen molar-refractivity contribution in [1.29, 1.82) is 0 Å². The molecule has 0 fully saturated rings. The van der Waals surface area contributed by atoms with Gasteiger partial charge in [0.15, 0.2) is 0 Å². The Hall–Kier alpha value is -4.07. The minimum Gasteiger partial charge on any atom is -0.353 e. The number of carbonyl (C=O) groups excluding carboxylic acids is 1. The summed E-state index contributed by atoms with van der Waals surface area (Å²) in [5.74, 6) is -0.161. The van der Waals surface area contributed by atoms with Crippen LogP contribution in [0.3, 0.4) is 0 Å². The molecule has 5 aromatic rings. The summed E-state index contributed by atoms with van der Waals surface area (Å²) in [6.07, 6.45) is 8.69. The highest BCUT2D eigenvalue weighted by Crippen LogP contribution is 2.30. The molecule has 0 spiro atoms. The van der Waals surface area contributed by atoms with Gasteiger partial charge in [-0.25, -0.2) is 0 Å². The Bertz CT molecular complexity index is 1350. The molecule has 0 bridgehead atoms. The molecule has 0 unspecified atom stereocenters. The van der Waals surface area contributed by atoms with E-state index in [-0.39, 0.29) is 11.8 Å². The van der Waals surface area contributed by atoms with Crippen LogP contribution < -0.4 is 5.32 Å². The molecular formula is C22H19N7O. The second-order valence-electron chi connectivity index (χ2n) is 7.44. The van der Waals surface area contributed by atoms with Gasteiger partial charge in [0.2, 0.25) is 5.91 Å². The molecule has 8 nitrogen and oxygen atoms in total. The predicted molar refractivity (Wildman–Crippen MR) is 116 cm³/mol. The van der Waals surface area contributed by atoms with Gasteiger partial charge in [0.05, 0.1) is 35.0 Å². The van der Waals surface area contributed by atoms with Crippen LogP contribution in [0.2, 0.25) is 0 Å². The molecule has 5 aromatic heterocycles. The monoisotopic (exact) mass is 397 g/mol. The zero-order valence-electron chi connectivity index (χ0n) is 16.5. The molecule has 1 amide bonds. The number of anilines is 1. The first-order chi connectivity index (χ1) is 14.6. The highest BCUT2D eigenvalue weighted by molar-refractivity contribution is 5.97. The second-order valence-corrected chi connectivity index (χ2v) is 7.44. The van der Waals surface area contributed by atoms with Gasteiger partial charge >= 0.3 is 0 Å². The minimum absolute atomic E-state index is 0.0530. The first-order valence-electron chi connectivity index (χ1n) is 9.62. The van der Waals surface area contributed by atoms with E-state index in [0.29, 0.717) is 5.69 Å². The fourth-order valence-corrected chi connectivity index (χ4v) is 3.31. The lowest BCUT2D eigenvalue weighted by Crippen LogP contribution is -2.17. The highest BCUT2D eigenvalue weighted by Gasteiger charge is 2.14. The lowest BCUT2D eigenvalue weighted by molar-refractivity contribution is -0.118. The lowest BCUT2D eigenvalue weighted by atomic mass is 10.1. The maximum atomic E-state index is 12.0. The van der Waals surface area contributed by atoms with Crippen molar-refractivity contribution in [2.24, 2.45) is 5.92 Å². The Morgan fingerprint density at radius 3 is 2.77 bits per heavy atom. The Balaban J connectivity index is 1.55. The summed E-state index contributed by atoms with van der Waals surface area (Å²) in [5, 5.41) is 12.4. The molecule has 5 rings (SSSR count). The van der Waals surface area contributed by atoms with Crippen molar-refractivity contribution in [3.05, 3.63) is 55.2 Å². The quantitative estimate of drug-likeness (QED) is 0.422. The number of pyridine rings is 3. The predicted octanol–water partition coefficient (Wildman–Crippen LogP) is 4.16. The average molecular weight is 397 g/mol. The first kappa shape index (κ1) is 18.0. The largest absolute Gasteiger partial charge is 0.353 e. The van der Waals surface area contributed by atoms with Crippen LogP contribution in [0, 0.1) is 5.92 Å². The van der Waals surface area contributed by atoms with Gasteiger partial charge in [-0.3, -0.25) is 24.8 Å². The van der Waals surface area contributed by atoms with Crippen molar-refractivity contribution in [3.63, 3.8) is 0 Å². The summed E-state index contributed by atoms with van der Waals surface area (Å²) < 4.78 is 0. The Morgan fingerprint density at radius 1 is 1.03 bits per heavy atom. The van der Waals surface area contributed by atoms with Crippen LogP contribution in [0.15, 0.2) is 55.2 Å². The number of carbonyl (C=O) groups is 1. The van der Waals surface area contributed by atoms with E-state index in [1.807, 2.05) is 44.3 Å². The number of fused-ring (bicyclic) bond motifs is 2. The van der Waals surface area contributed by atoms with E-state index >= 15 is 0 Å². The maximum Gasteiger partial charge on any atom is 0.226 e. The Labute approximate surface area is 171 Å². The van der Waals surface area contributed by atoms with Gasteiger partial charge in [-0.2, -0.15) is 5.10 Å². The number of rotatable bonds is 4. The van der Waals surface area contributed by atoms with Crippen molar-refractivity contribution >= 4 is 33.4 Å². The number of nitrogens with zero attached hydrogens (tertiary/aromatic N) is 4. The fourth-order valence-electron chi connectivity index (χ4n) is 3.31. The zero-order valence-corrected chi connectivity index (χ0v) is 16.5. The van der Waals surface area contributed by atoms with Gasteiger partial charge in [-0.15, -0.1) is 0 Å². The van der Waals surface area contributed by atoms with E-state index in [1.54, 1.807) is 24.8 Å². The van der Waals surface area contributed by atoms with Gasteiger partial charge in [-0.05, 0) is 24.3 Å². The van der Waals surface area contributed by atoms with Gasteiger partial charge < -0.3 is 10.3 Å². The van der Waals surface area contributed by atoms with Crippen LogP contribution in [-0.2, 0) is 4.79 Å². The molecule has 0 aliphatic rings. The number of amides is 1. The van der Waals surface area contributed by atoms with Gasteiger partial charge in [0.1, 0.15) is 5.69 Å². The normalized spacial score (nSPS) is 11.4. The number of aromatic amines is 2. The van der Waals surface area contributed by atoms with Crippen molar-refractivity contribution in [1.82, 2.24) is 30.1 Å². The summed E-state index contributed by atoms with van der Waals surface area (Å²) in [5.41, 5.74) is 5.75. The summed E-state index contributed by atoms with van der Waals surface area (Å²) >= 11 is 0. The zero-order chi connectivity index (χ0) is 20.7. The molecule has 0 saturated heterocycles. The number of nitrogens with one attached hydrogen (secondary N) is 3. The molecule has 0 aliphatic heterocycles. The maximum absolute atomic E-state index is 12.0. The lowest BCUT2D eigenvalue weighted by Gasteiger charge is -2.08. The third kappa shape index (κ3) is 3.18. The number of hydrogen-bond acceptors (Lipinski definition) is 5. The van der Waals surface area contributed by atoms with Crippen molar-refractivity contribution in [2.75, 3.05) is 5.32 Å². The molecule has 148 valence electrons. The molecular weight excluding hydrogens is 378 g/mol. The van der Waals surface area contributed by atoms with E-state index in [2.05, 4.69) is 35.5 Å². The summed E-state index contributed by atoms with van der Waals surface area (Å²) in [7, 11) is 0. The van der Waals surface area contributed by atoms with Crippen molar-refractivity contribution in [2.45, 2.75) is 13.8 Å². The van der Waals surface area contributed by atoms with Crippen LogP contribution in [0.5, 0.6) is 0 Å². The first-order valence-corrected chi connectivity index (χ1v) is 9.62. The van der Waals surface area contributed by atoms with Crippen LogP contribution in [0.4, 0.5) is 5.69 Å². The summed E-state index contributed by atoms with van der Waals surface area (Å²) in [4.78, 5) is 28.4. The topological polar surface area (TPSA) is 112 Å². The van der Waals surface area contributed by atoms with Gasteiger partial charge in [0, 0.05) is 46.4 Å². The van der Waals surface area contributed by atoms with E-state index in [0.717, 1.165) is 44.5 Å². The van der Waals surface area contributed by atoms with Gasteiger partial charge in [0.25, 0.3) is 0 Å². The van der Waals surface area contributed by atoms with Crippen LogP contribution in [0.25, 0.3) is 44.5 Å². The van der Waals surface area contributed by atoms with Crippen LogP contribution in [-0.4, -0.2) is 36.0 Å². The molecule has 0 aromatic carbocycles. The highest BCUT2D eigenvalue weighted by atomic mass is 16.1. The smallest absolute Gasteiger partial charge is 0.226 e. The third-order valence-electron chi connectivity index (χ3n) is 4.95. The number of H-pyrrole nitrogens is 2.